The largest absolute Gasteiger partial charge is 0.475 e. The topological polar surface area (TPSA) is 72.6 Å². The third kappa shape index (κ3) is 1.78. The number of aromatic nitrogens is 1. The van der Waals surface area contributed by atoms with Crippen molar-refractivity contribution in [1.29, 1.82) is 0 Å². The second-order valence-electron chi connectivity index (χ2n) is 1.92. The molecule has 5 heteroatoms. The molecule has 5 nitrogen and oxygen atoms in total. The number of rotatable bonds is 3. The molecule has 0 saturated carbocycles. The highest BCUT2D eigenvalue weighted by atomic mass is 16.5. The molecule has 0 fully saturated rings. The van der Waals surface area contributed by atoms with Gasteiger partial charge in [0, 0.05) is 13.2 Å². The maximum absolute atomic E-state index is 10.2. The zero-order valence-electron chi connectivity index (χ0n) is 5.90. The first-order valence-electron chi connectivity index (χ1n) is 2.92. The first-order valence-corrected chi connectivity index (χ1v) is 2.92. The molecule has 1 aromatic rings. The number of aromatic carboxylic acids is 1. The van der Waals surface area contributed by atoms with Crippen LogP contribution in [0.15, 0.2) is 10.6 Å². The molecule has 0 spiro atoms. The summed E-state index contributed by atoms with van der Waals surface area (Å²) < 4.78 is 9.15. The van der Waals surface area contributed by atoms with E-state index in [4.69, 9.17) is 9.84 Å². The van der Waals surface area contributed by atoms with Gasteiger partial charge in [-0.1, -0.05) is 5.16 Å². The molecule has 11 heavy (non-hydrogen) atoms. The molecule has 0 aliphatic carbocycles. The Labute approximate surface area is 62.6 Å². The van der Waals surface area contributed by atoms with Crippen molar-refractivity contribution in [2.24, 2.45) is 0 Å². The second-order valence-corrected chi connectivity index (χ2v) is 1.92. The molecule has 1 rings (SSSR count). The van der Waals surface area contributed by atoms with Crippen molar-refractivity contribution >= 4 is 5.97 Å². The van der Waals surface area contributed by atoms with Crippen molar-refractivity contribution in [3.05, 3.63) is 17.5 Å². The lowest BCUT2D eigenvalue weighted by Crippen LogP contribution is -1.92. The Balaban J connectivity index is 2.73. The number of carboxylic acids is 1. The first-order chi connectivity index (χ1) is 5.24. The summed E-state index contributed by atoms with van der Waals surface area (Å²) in [4.78, 5) is 10.2. The molecule has 0 amide bonds. The van der Waals surface area contributed by atoms with Crippen LogP contribution in [0.1, 0.15) is 16.2 Å². The smallest absolute Gasteiger partial charge is 0.374 e. The summed E-state index contributed by atoms with van der Waals surface area (Å²) in [6.45, 7) is 0.261. The van der Waals surface area contributed by atoms with Gasteiger partial charge in [0.15, 0.2) is 0 Å². The second kappa shape index (κ2) is 3.16. The third-order valence-corrected chi connectivity index (χ3v) is 1.06. The van der Waals surface area contributed by atoms with Gasteiger partial charge in [0.05, 0.1) is 6.61 Å². The van der Waals surface area contributed by atoms with E-state index in [1.807, 2.05) is 0 Å². The van der Waals surface area contributed by atoms with E-state index in [9.17, 15) is 4.79 Å². The number of hydrogen-bond acceptors (Lipinski definition) is 4. The van der Waals surface area contributed by atoms with Gasteiger partial charge in [0.2, 0.25) is 5.76 Å². The molecular formula is C6H7NO4. The van der Waals surface area contributed by atoms with Crippen LogP contribution < -0.4 is 0 Å². The summed E-state index contributed by atoms with van der Waals surface area (Å²) >= 11 is 0. The van der Waals surface area contributed by atoms with E-state index in [1.54, 1.807) is 0 Å². The van der Waals surface area contributed by atoms with Crippen LogP contribution in [0.4, 0.5) is 0 Å². The summed E-state index contributed by atoms with van der Waals surface area (Å²) in [6, 6.07) is 1.33. The van der Waals surface area contributed by atoms with Crippen LogP contribution in [0, 0.1) is 0 Å². The average Bonchev–Trinajstić information content (AvgIpc) is 2.37. The predicted octanol–water partition coefficient (Wildman–Crippen LogP) is 0.519. The molecule has 1 heterocycles. The van der Waals surface area contributed by atoms with Crippen LogP contribution >= 0.6 is 0 Å². The van der Waals surface area contributed by atoms with Gasteiger partial charge in [0.1, 0.15) is 5.69 Å². The van der Waals surface area contributed by atoms with E-state index in [0.717, 1.165) is 0 Å². The maximum atomic E-state index is 10.2. The Bertz CT molecular complexity index is 255. The zero-order valence-corrected chi connectivity index (χ0v) is 5.90. The molecule has 0 aromatic carbocycles. The Kier molecular flexibility index (Phi) is 2.22. The van der Waals surface area contributed by atoms with E-state index in [0.29, 0.717) is 5.69 Å². The summed E-state index contributed by atoms with van der Waals surface area (Å²) in [6.07, 6.45) is 0. The van der Waals surface area contributed by atoms with Crippen molar-refractivity contribution in [3.63, 3.8) is 0 Å². The minimum absolute atomic E-state index is 0.169. The van der Waals surface area contributed by atoms with Gasteiger partial charge < -0.3 is 14.4 Å². The molecule has 0 aliphatic heterocycles. The standard InChI is InChI=1S/C6H7NO4/c1-10-3-4-2-5(6(8)9)11-7-4/h2H,3H2,1H3,(H,8,9). The molecule has 0 unspecified atom stereocenters. The van der Waals surface area contributed by atoms with Gasteiger partial charge in [-0.05, 0) is 0 Å². The van der Waals surface area contributed by atoms with Crippen molar-refractivity contribution in [2.75, 3.05) is 7.11 Å². The van der Waals surface area contributed by atoms with Crippen molar-refractivity contribution < 1.29 is 19.2 Å². The highest BCUT2D eigenvalue weighted by molar-refractivity contribution is 5.84. The van der Waals surface area contributed by atoms with Crippen LogP contribution in [0.3, 0.4) is 0 Å². The highest BCUT2D eigenvalue weighted by Gasteiger charge is 2.09. The fourth-order valence-corrected chi connectivity index (χ4v) is 0.629. The molecule has 1 N–H and O–H groups in total. The number of nitrogens with zero attached hydrogens (tertiary/aromatic N) is 1. The molecular weight excluding hydrogens is 150 g/mol. The summed E-state index contributed by atoms with van der Waals surface area (Å²) in [5, 5.41) is 11.8. The number of carbonyl (C=O) groups is 1. The summed E-state index contributed by atoms with van der Waals surface area (Å²) in [7, 11) is 1.50. The monoisotopic (exact) mass is 157 g/mol. The molecule has 0 atom stereocenters. The van der Waals surface area contributed by atoms with Gasteiger partial charge in [-0.25, -0.2) is 4.79 Å². The number of carboxylic acid groups (broad SMARTS) is 1. The molecule has 0 aliphatic rings. The van der Waals surface area contributed by atoms with E-state index in [1.165, 1.54) is 13.2 Å². The van der Waals surface area contributed by atoms with Crippen molar-refractivity contribution in [3.8, 4) is 0 Å². The molecule has 0 bridgehead atoms. The van der Waals surface area contributed by atoms with E-state index in [2.05, 4.69) is 9.68 Å². The fourth-order valence-electron chi connectivity index (χ4n) is 0.629. The normalized spacial score (nSPS) is 9.91. The minimum atomic E-state index is -1.13. The Hall–Kier alpha value is -1.36. The number of hydrogen-bond donors (Lipinski definition) is 1. The SMILES string of the molecule is COCc1cc(C(=O)O)on1. The van der Waals surface area contributed by atoms with Gasteiger partial charge >= 0.3 is 5.97 Å². The van der Waals surface area contributed by atoms with Crippen LogP contribution in [-0.2, 0) is 11.3 Å². The lowest BCUT2D eigenvalue weighted by molar-refractivity contribution is 0.0651. The van der Waals surface area contributed by atoms with E-state index in [-0.39, 0.29) is 12.4 Å². The van der Waals surface area contributed by atoms with Crippen LogP contribution in [0.25, 0.3) is 0 Å². The van der Waals surface area contributed by atoms with Crippen molar-refractivity contribution in [2.45, 2.75) is 6.61 Å². The van der Waals surface area contributed by atoms with Crippen molar-refractivity contribution in [1.82, 2.24) is 5.16 Å². The lowest BCUT2D eigenvalue weighted by Gasteiger charge is -1.86. The third-order valence-electron chi connectivity index (χ3n) is 1.06. The Morgan fingerprint density at radius 1 is 1.91 bits per heavy atom. The average molecular weight is 157 g/mol. The summed E-state index contributed by atoms with van der Waals surface area (Å²) in [5.41, 5.74) is 0.477. The molecule has 60 valence electrons. The maximum Gasteiger partial charge on any atom is 0.374 e. The predicted molar refractivity (Wildman–Crippen MR) is 34.2 cm³/mol. The number of ether oxygens (including phenoxy) is 1. The molecule has 1 aromatic heterocycles. The van der Waals surface area contributed by atoms with E-state index >= 15 is 0 Å². The minimum Gasteiger partial charge on any atom is -0.475 e. The van der Waals surface area contributed by atoms with Gasteiger partial charge in [-0.3, -0.25) is 0 Å². The first kappa shape index (κ1) is 7.74. The van der Waals surface area contributed by atoms with Crippen LogP contribution in [-0.4, -0.2) is 23.3 Å². The molecule has 0 radical (unpaired) electrons. The number of methoxy groups -OCH3 is 1. The van der Waals surface area contributed by atoms with Gasteiger partial charge in [-0.2, -0.15) is 0 Å². The summed E-state index contributed by atoms with van der Waals surface area (Å²) in [5.74, 6) is -1.29. The zero-order chi connectivity index (χ0) is 8.27. The lowest BCUT2D eigenvalue weighted by atomic mass is 10.4. The fraction of sp³-hybridized carbons (Fsp3) is 0.333. The van der Waals surface area contributed by atoms with Crippen LogP contribution in [0.5, 0.6) is 0 Å². The van der Waals surface area contributed by atoms with E-state index < -0.39 is 5.97 Å². The molecule has 0 saturated heterocycles. The Morgan fingerprint density at radius 2 is 2.64 bits per heavy atom. The Morgan fingerprint density at radius 3 is 3.09 bits per heavy atom. The quantitative estimate of drug-likeness (QED) is 0.692. The van der Waals surface area contributed by atoms with Gasteiger partial charge in [-0.15, -0.1) is 0 Å². The van der Waals surface area contributed by atoms with Gasteiger partial charge in [0.25, 0.3) is 0 Å². The van der Waals surface area contributed by atoms with Crippen LogP contribution in [0.2, 0.25) is 0 Å². The highest BCUT2D eigenvalue weighted by Crippen LogP contribution is 2.03.